The molecular weight excluding hydrogens is 545 g/mol. The Labute approximate surface area is 241 Å². The second-order valence-electron chi connectivity index (χ2n) is 11.1. The van der Waals surface area contributed by atoms with Crippen LogP contribution in [0.15, 0.2) is 41.3 Å². The number of halogens is 2. The lowest BCUT2D eigenvalue weighted by Gasteiger charge is -2.34. The zero-order valence-electron chi connectivity index (χ0n) is 23.3. The van der Waals surface area contributed by atoms with Crippen LogP contribution in [0.1, 0.15) is 28.8 Å². The summed E-state index contributed by atoms with van der Waals surface area (Å²) in [6, 6.07) is 7.56. The Kier molecular flexibility index (Phi) is 7.46. The lowest BCUT2D eigenvalue weighted by molar-refractivity contribution is 0.0617. The van der Waals surface area contributed by atoms with E-state index in [4.69, 9.17) is 4.74 Å². The fourth-order valence-corrected chi connectivity index (χ4v) is 5.68. The number of aromatic amines is 2. The van der Waals surface area contributed by atoms with Gasteiger partial charge in [-0.1, -0.05) is 0 Å². The average Bonchev–Trinajstić information content (AvgIpc) is 3.52. The Morgan fingerprint density at radius 2 is 1.95 bits per heavy atom. The number of hydrogen-bond acceptors (Lipinski definition) is 7. The maximum atomic E-state index is 13.6. The molecule has 0 radical (unpaired) electrons. The molecule has 0 saturated carbocycles. The molecule has 218 valence electrons. The van der Waals surface area contributed by atoms with Gasteiger partial charge in [0.15, 0.2) is 11.6 Å². The molecule has 1 fully saturated rings. The molecule has 10 nitrogen and oxygen atoms in total. The zero-order valence-corrected chi connectivity index (χ0v) is 23.3. The molecule has 4 heterocycles. The molecule has 1 amide bonds. The van der Waals surface area contributed by atoms with E-state index in [0.717, 1.165) is 43.6 Å². The predicted molar refractivity (Wildman–Crippen MR) is 157 cm³/mol. The van der Waals surface area contributed by atoms with Gasteiger partial charge in [0.05, 0.1) is 16.7 Å². The number of benzene rings is 2. The molecule has 4 N–H and O–H groups in total. The molecule has 1 atom stereocenters. The number of aliphatic hydroxyl groups is 1. The van der Waals surface area contributed by atoms with Crippen LogP contribution in [0.2, 0.25) is 0 Å². The Bertz CT molecular complexity index is 1720. The first-order valence-electron chi connectivity index (χ1n) is 13.9. The summed E-state index contributed by atoms with van der Waals surface area (Å²) < 4.78 is 32.4. The number of carbonyl (C=O) groups excluding carboxylic acids is 1. The van der Waals surface area contributed by atoms with E-state index in [1.165, 1.54) is 6.20 Å². The molecule has 1 saturated heterocycles. The van der Waals surface area contributed by atoms with Gasteiger partial charge >= 0.3 is 0 Å². The van der Waals surface area contributed by atoms with Crippen molar-refractivity contribution in [1.82, 2.24) is 24.8 Å². The molecule has 2 aromatic heterocycles. The topological polar surface area (TPSA) is 127 Å². The number of amides is 1. The summed E-state index contributed by atoms with van der Waals surface area (Å²) in [6.07, 6.45) is 2.36. The first-order valence-corrected chi connectivity index (χ1v) is 13.9. The third-order valence-electron chi connectivity index (χ3n) is 8.04. The van der Waals surface area contributed by atoms with E-state index in [1.807, 2.05) is 11.0 Å². The van der Waals surface area contributed by atoms with E-state index in [0.29, 0.717) is 40.1 Å². The zero-order chi connectivity index (χ0) is 29.5. The van der Waals surface area contributed by atoms with Crippen molar-refractivity contribution in [3.8, 4) is 17.1 Å². The van der Waals surface area contributed by atoms with Gasteiger partial charge in [0.1, 0.15) is 37.7 Å². The van der Waals surface area contributed by atoms with Crippen LogP contribution in [0.5, 0.6) is 5.75 Å². The minimum atomic E-state index is -1.04. The molecule has 4 aromatic rings. The van der Waals surface area contributed by atoms with Crippen LogP contribution in [0.25, 0.3) is 22.4 Å². The van der Waals surface area contributed by atoms with Gasteiger partial charge in [-0.2, -0.15) is 0 Å². The van der Waals surface area contributed by atoms with Gasteiger partial charge in [-0.25, -0.2) is 13.8 Å². The molecular formula is C29H31BF2N6O4. The lowest BCUT2D eigenvalue weighted by Crippen LogP contribution is -2.43. The smallest absolute Gasteiger partial charge is 0.261 e. The number of fused-ring (bicyclic) bond motifs is 2. The molecule has 42 heavy (non-hydrogen) atoms. The maximum Gasteiger partial charge on any atom is 0.261 e. The highest BCUT2D eigenvalue weighted by Crippen LogP contribution is 2.32. The van der Waals surface area contributed by atoms with Gasteiger partial charge in [0.2, 0.25) is 0 Å². The third-order valence-corrected chi connectivity index (χ3v) is 8.04. The minimum Gasteiger partial charge on any atom is -0.491 e. The van der Waals surface area contributed by atoms with Crippen molar-refractivity contribution in [2.45, 2.75) is 31.5 Å². The number of rotatable bonds is 8. The van der Waals surface area contributed by atoms with Crippen LogP contribution in [0.3, 0.4) is 0 Å². The van der Waals surface area contributed by atoms with E-state index in [-0.39, 0.29) is 42.0 Å². The number of anilines is 1. The number of aromatic nitrogens is 3. The van der Waals surface area contributed by atoms with Crippen LogP contribution in [-0.2, 0) is 6.54 Å². The molecule has 0 bridgehead atoms. The Hall–Kier alpha value is -4.23. The van der Waals surface area contributed by atoms with Gasteiger partial charge in [0.25, 0.3) is 11.5 Å². The molecule has 0 aliphatic carbocycles. The number of likely N-dealkylation sites (tertiary alicyclic amines) is 1. The fraction of sp³-hybridized carbons (Fsp3) is 0.345. The van der Waals surface area contributed by atoms with Crippen molar-refractivity contribution in [2.24, 2.45) is 0 Å². The Balaban J connectivity index is 1.17. The van der Waals surface area contributed by atoms with E-state index >= 15 is 0 Å². The number of pyridine rings is 1. The second kappa shape index (κ2) is 11.2. The number of piperidine rings is 1. The van der Waals surface area contributed by atoms with Crippen LogP contribution in [0, 0.1) is 11.6 Å². The molecule has 0 unspecified atom stereocenters. The van der Waals surface area contributed by atoms with E-state index < -0.39 is 17.7 Å². The minimum absolute atomic E-state index is 0.00893. The van der Waals surface area contributed by atoms with Crippen molar-refractivity contribution >= 4 is 35.9 Å². The van der Waals surface area contributed by atoms with Gasteiger partial charge in [-0.05, 0) is 68.3 Å². The molecule has 2 aliphatic rings. The van der Waals surface area contributed by atoms with Crippen LogP contribution in [0.4, 0.5) is 14.5 Å². The average molecular weight is 576 g/mol. The Morgan fingerprint density at radius 1 is 1.19 bits per heavy atom. The summed E-state index contributed by atoms with van der Waals surface area (Å²) in [5, 5.41) is 13.5. The first-order chi connectivity index (χ1) is 20.2. The van der Waals surface area contributed by atoms with Crippen molar-refractivity contribution in [2.75, 3.05) is 38.6 Å². The summed E-state index contributed by atoms with van der Waals surface area (Å²) in [6.45, 7) is 2.31. The van der Waals surface area contributed by atoms with Crippen molar-refractivity contribution in [3.63, 3.8) is 0 Å². The standard InChI is InChI=1S/C29H31BF2N6O4/c1-37-6-3-16(4-7-37)38-13-15-8-23-24(9-18(15)29(38)41)36-27(35-23)26-22(2-5-33-28(26)40)34-12-17(39)14-42-25-11-21(32)20(31)10-19(25)30/h2,5,8-11,16-17,39H,3-4,6-7,12-14,30H2,1H3,(H,35,36)(H2,33,34,40)/t17-/m1/s1. The van der Waals surface area contributed by atoms with Gasteiger partial charge in [0, 0.05) is 37.0 Å². The monoisotopic (exact) mass is 576 g/mol. The normalized spacial score (nSPS) is 16.7. The van der Waals surface area contributed by atoms with E-state index in [2.05, 4.69) is 32.2 Å². The van der Waals surface area contributed by atoms with Gasteiger partial charge in [-0.15, -0.1) is 0 Å². The molecule has 6 rings (SSSR count). The summed E-state index contributed by atoms with van der Waals surface area (Å²) in [7, 11) is 3.67. The van der Waals surface area contributed by atoms with Crippen LogP contribution in [-0.4, -0.2) is 89.0 Å². The number of carbonyl (C=O) groups is 1. The Morgan fingerprint density at radius 3 is 2.74 bits per heavy atom. The highest BCUT2D eigenvalue weighted by atomic mass is 19.2. The SMILES string of the molecule is Bc1cc(F)c(F)cc1OC[C@H](O)CNc1cc[nH]c(=O)c1-c1nc2cc3c(cc2[nH]1)CN(C1CCN(C)CC1)C3=O. The fourth-order valence-electron chi connectivity index (χ4n) is 5.68. The van der Waals surface area contributed by atoms with Crippen molar-refractivity contribution in [3.05, 3.63) is 69.6 Å². The van der Waals surface area contributed by atoms with Crippen LogP contribution < -0.4 is 21.1 Å². The summed E-state index contributed by atoms with van der Waals surface area (Å²) in [5.41, 5.74) is 3.55. The largest absolute Gasteiger partial charge is 0.491 e. The highest BCUT2D eigenvalue weighted by molar-refractivity contribution is 6.34. The number of hydrogen-bond donors (Lipinski definition) is 4. The van der Waals surface area contributed by atoms with Crippen molar-refractivity contribution < 1.29 is 23.4 Å². The molecule has 2 aliphatic heterocycles. The van der Waals surface area contributed by atoms with Crippen molar-refractivity contribution in [1.29, 1.82) is 0 Å². The molecule has 0 spiro atoms. The molecule has 13 heteroatoms. The number of H-pyrrole nitrogens is 2. The van der Waals surface area contributed by atoms with Crippen LogP contribution >= 0.6 is 0 Å². The van der Waals surface area contributed by atoms with E-state index in [1.54, 1.807) is 20.0 Å². The predicted octanol–water partition coefficient (Wildman–Crippen LogP) is 1.36. The molecule has 2 aromatic carbocycles. The number of nitrogens with one attached hydrogen (secondary N) is 3. The summed E-state index contributed by atoms with van der Waals surface area (Å²) in [4.78, 5) is 41.0. The number of ether oxygens (including phenoxy) is 1. The first kappa shape index (κ1) is 27.9. The summed E-state index contributed by atoms with van der Waals surface area (Å²) in [5.74, 6) is -1.54. The number of aliphatic hydroxyl groups excluding tert-OH is 1. The summed E-state index contributed by atoms with van der Waals surface area (Å²) >= 11 is 0. The maximum absolute atomic E-state index is 13.6. The number of nitrogens with zero attached hydrogens (tertiary/aromatic N) is 3. The quantitative estimate of drug-likeness (QED) is 0.234. The van der Waals surface area contributed by atoms with Gasteiger partial charge in [-0.3, -0.25) is 9.59 Å². The highest BCUT2D eigenvalue weighted by Gasteiger charge is 2.34. The third kappa shape index (κ3) is 5.37. The van der Waals surface area contributed by atoms with Gasteiger partial charge < -0.3 is 34.9 Å². The van der Waals surface area contributed by atoms with E-state index in [9.17, 15) is 23.5 Å². The second-order valence-corrected chi connectivity index (χ2v) is 11.1. The lowest BCUT2D eigenvalue weighted by atomic mass is 9.95. The number of imidazole rings is 1.